The van der Waals surface area contributed by atoms with Crippen LogP contribution in [0, 0.1) is 5.92 Å². The van der Waals surface area contributed by atoms with E-state index in [2.05, 4.69) is 20.6 Å². The predicted molar refractivity (Wildman–Crippen MR) is 170 cm³/mol. The highest BCUT2D eigenvalue weighted by molar-refractivity contribution is 6.10. The normalized spacial score (nSPS) is 13.7. The molecule has 43 heavy (non-hydrogen) atoms. The highest BCUT2D eigenvalue weighted by Crippen LogP contribution is 2.25. The Balaban J connectivity index is 1.49. The number of imidazole rings is 1. The van der Waals surface area contributed by atoms with E-state index in [4.69, 9.17) is 5.73 Å². The third kappa shape index (κ3) is 8.58. The van der Waals surface area contributed by atoms with E-state index in [9.17, 15) is 14.7 Å². The lowest BCUT2D eigenvalue weighted by Crippen LogP contribution is -2.48. The van der Waals surface area contributed by atoms with Crippen LogP contribution in [0.1, 0.15) is 67.0 Å². The largest absolute Gasteiger partial charge is 0.395 e. The molecule has 4 aromatic rings. The first-order valence-corrected chi connectivity index (χ1v) is 15.0. The number of aliphatic hydroxyl groups excluding tert-OH is 1. The van der Waals surface area contributed by atoms with Crippen molar-refractivity contribution in [1.82, 2.24) is 25.5 Å². The molecule has 0 aliphatic heterocycles. The monoisotopic (exact) mass is 584 g/mol. The number of nitrogens with one attached hydrogen (secondary N) is 3. The number of ketones is 1. The third-order valence-corrected chi connectivity index (χ3v) is 7.90. The fraction of sp³-hybridized carbons (Fsp3) is 0.382. The summed E-state index contributed by atoms with van der Waals surface area (Å²) in [4.78, 5) is 36.9. The van der Waals surface area contributed by atoms with Gasteiger partial charge in [-0.15, -0.1) is 0 Å². The van der Waals surface area contributed by atoms with Gasteiger partial charge in [-0.3, -0.25) is 14.5 Å². The minimum absolute atomic E-state index is 0.0139. The average Bonchev–Trinajstić information content (AvgIpc) is 3.53. The van der Waals surface area contributed by atoms with Gasteiger partial charge in [0.2, 0.25) is 5.91 Å². The molecule has 0 fully saturated rings. The minimum atomic E-state index is -0.908. The lowest BCUT2D eigenvalue weighted by atomic mass is 9.90. The van der Waals surface area contributed by atoms with Crippen molar-refractivity contribution in [3.63, 3.8) is 0 Å². The Labute approximate surface area is 253 Å². The first-order valence-electron chi connectivity index (χ1n) is 15.0. The molecule has 6 N–H and O–H groups in total. The van der Waals surface area contributed by atoms with Gasteiger partial charge in [0.15, 0.2) is 5.78 Å². The van der Waals surface area contributed by atoms with E-state index in [1.54, 1.807) is 24.5 Å². The minimum Gasteiger partial charge on any atom is -0.395 e. The molecule has 3 atom stereocenters. The Morgan fingerprint density at radius 1 is 0.977 bits per heavy atom. The Morgan fingerprint density at radius 2 is 1.72 bits per heavy atom. The third-order valence-electron chi connectivity index (χ3n) is 7.90. The zero-order chi connectivity index (χ0) is 30.8. The van der Waals surface area contributed by atoms with Crippen LogP contribution in [-0.4, -0.2) is 57.0 Å². The summed E-state index contributed by atoms with van der Waals surface area (Å²) in [5, 5.41) is 18.1. The number of aromatic nitrogens is 2. The van der Waals surface area contributed by atoms with E-state index < -0.39 is 12.1 Å². The zero-order valence-electron chi connectivity index (χ0n) is 25.3. The van der Waals surface area contributed by atoms with Gasteiger partial charge in [-0.05, 0) is 55.5 Å². The van der Waals surface area contributed by atoms with Crippen LogP contribution in [-0.2, 0) is 17.9 Å². The van der Waals surface area contributed by atoms with Gasteiger partial charge in [0.25, 0.3) is 0 Å². The van der Waals surface area contributed by atoms with Crippen LogP contribution in [0.25, 0.3) is 10.8 Å². The number of fused-ring (bicyclic) bond motifs is 1. The van der Waals surface area contributed by atoms with Crippen molar-refractivity contribution < 1.29 is 14.7 Å². The average molecular weight is 585 g/mol. The highest BCUT2D eigenvalue weighted by Gasteiger charge is 2.30. The molecule has 0 radical (unpaired) electrons. The maximum Gasteiger partial charge on any atom is 0.231 e. The molecule has 9 nitrogen and oxygen atoms in total. The number of carbonyl (C=O) groups is 2. The van der Waals surface area contributed by atoms with Gasteiger partial charge in [0, 0.05) is 37.1 Å². The molecule has 1 unspecified atom stereocenters. The Bertz CT molecular complexity index is 1450. The van der Waals surface area contributed by atoms with Crippen LogP contribution in [0.2, 0.25) is 0 Å². The molecule has 0 aliphatic carbocycles. The second-order valence-corrected chi connectivity index (χ2v) is 11.3. The van der Waals surface area contributed by atoms with Crippen molar-refractivity contribution in [2.24, 2.45) is 11.7 Å². The fourth-order valence-electron chi connectivity index (χ4n) is 5.53. The zero-order valence-corrected chi connectivity index (χ0v) is 25.3. The molecular weight excluding hydrogens is 540 g/mol. The van der Waals surface area contributed by atoms with Gasteiger partial charge in [-0.25, -0.2) is 4.98 Å². The Morgan fingerprint density at radius 3 is 2.42 bits per heavy atom. The summed E-state index contributed by atoms with van der Waals surface area (Å²) >= 11 is 0. The van der Waals surface area contributed by atoms with Gasteiger partial charge in [0.1, 0.15) is 11.7 Å². The van der Waals surface area contributed by atoms with Crippen molar-refractivity contribution in [2.75, 3.05) is 13.2 Å². The molecule has 4 rings (SSSR count). The number of nitrogens with zero attached hydrogens (tertiary/aromatic N) is 2. The lowest BCUT2D eigenvalue weighted by molar-refractivity contribution is -0.124. The SMILES string of the molecule is CC(C)N(CCO)C(N)CC[C@H](C(=O)N[C@@H](C)c1cccc2ccccc12)C(=O)c1ccc(CNCc2ncc[nH]2)cc1. The van der Waals surface area contributed by atoms with Crippen molar-refractivity contribution in [1.29, 1.82) is 0 Å². The van der Waals surface area contributed by atoms with Gasteiger partial charge in [-0.2, -0.15) is 0 Å². The topological polar surface area (TPSA) is 136 Å². The molecule has 1 aromatic heterocycles. The maximum atomic E-state index is 13.9. The van der Waals surface area contributed by atoms with Crippen LogP contribution in [0.4, 0.5) is 0 Å². The molecule has 0 saturated carbocycles. The van der Waals surface area contributed by atoms with E-state index >= 15 is 0 Å². The van der Waals surface area contributed by atoms with E-state index in [0.29, 0.717) is 31.6 Å². The Kier molecular flexibility index (Phi) is 11.6. The first kappa shape index (κ1) is 32.0. The van der Waals surface area contributed by atoms with Crippen molar-refractivity contribution in [3.8, 4) is 0 Å². The van der Waals surface area contributed by atoms with Crippen LogP contribution in [0.15, 0.2) is 79.1 Å². The molecule has 3 aromatic carbocycles. The van der Waals surface area contributed by atoms with E-state index in [0.717, 1.165) is 27.7 Å². The number of hydrogen-bond donors (Lipinski definition) is 5. The van der Waals surface area contributed by atoms with Gasteiger partial charge in [0.05, 0.1) is 25.4 Å². The molecule has 0 saturated heterocycles. The van der Waals surface area contributed by atoms with Gasteiger partial charge < -0.3 is 26.5 Å². The van der Waals surface area contributed by atoms with Gasteiger partial charge in [-0.1, -0.05) is 66.7 Å². The summed E-state index contributed by atoms with van der Waals surface area (Å²) < 4.78 is 0. The number of rotatable bonds is 16. The number of benzene rings is 3. The smallest absolute Gasteiger partial charge is 0.231 e. The summed E-state index contributed by atoms with van der Waals surface area (Å²) in [5.74, 6) is -0.607. The fourth-order valence-corrected chi connectivity index (χ4v) is 5.53. The lowest BCUT2D eigenvalue weighted by Gasteiger charge is -2.32. The van der Waals surface area contributed by atoms with E-state index in [1.807, 2.05) is 80.3 Å². The quantitative estimate of drug-likeness (QED) is 0.0753. The molecule has 0 bridgehead atoms. The van der Waals surface area contributed by atoms with E-state index in [1.165, 1.54) is 0 Å². The number of Topliss-reactive ketones (excluding diaryl/α,β-unsaturated/α-hetero) is 1. The Hall–Kier alpha value is -3.89. The maximum absolute atomic E-state index is 13.9. The second-order valence-electron chi connectivity index (χ2n) is 11.3. The standard InChI is InChI=1S/C34H44N6O3/c1-23(2)40(19-20-41)31(35)16-15-30(34(43)39-24(3)28-10-6-8-26-7-4-5-9-29(26)28)33(42)27-13-11-25(12-14-27)21-36-22-32-37-17-18-38-32/h4-14,17-18,23-24,30-31,36,41H,15-16,19-22,35H2,1-3H3,(H,37,38)(H,39,43)/t24-,30-,31?/m0/s1. The summed E-state index contributed by atoms with van der Waals surface area (Å²) in [6.45, 7) is 7.61. The number of aliphatic hydroxyl groups is 1. The summed E-state index contributed by atoms with van der Waals surface area (Å²) in [6.07, 6.45) is 3.82. The van der Waals surface area contributed by atoms with Crippen molar-refractivity contribution >= 4 is 22.5 Å². The molecule has 1 amide bonds. The van der Waals surface area contributed by atoms with Gasteiger partial charge >= 0.3 is 0 Å². The highest BCUT2D eigenvalue weighted by atomic mass is 16.3. The predicted octanol–water partition coefficient (Wildman–Crippen LogP) is 4.30. The number of aromatic amines is 1. The van der Waals surface area contributed by atoms with Crippen LogP contribution in [0.3, 0.4) is 0 Å². The van der Waals surface area contributed by atoms with E-state index in [-0.39, 0.29) is 36.8 Å². The molecular formula is C34H44N6O3. The van der Waals surface area contributed by atoms with Crippen molar-refractivity contribution in [2.45, 2.75) is 65.0 Å². The molecule has 0 spiro atoms. The molecule has 9 heteroatoms. The second kappa shape index (κ2) is 15.5. The summed E-state index contributed by atoms with van der Waals surface area (Å²) in [6, 6.07) is 21.3. The number of H-pyrrole nitrogens is 1. The van der Waals surface area contributed by atoms with Crippen molar-refractivity contribution in [3.05, 3.63) is 102 Å². The number of hydrogen-bond acceptors (Lipinski definition) is 7. The first-order chi connectivity index (χ1) is 20.8. The molecule has 1 heterocycles. The number of amides is 1. The summed E-state index contributed by atoms with van der Waals surface area (Å²) in [7, 11) is 0. The summed E-state index contributed by atoms with van der Waals surface area (Å²) in [5.41, 5.74) is 9.01. The van der Waals surface area contributed by atoms with Crippen LogP contribution >= 0.6 is 0 Å². The number of nitrogens with two attached hydrogens (primary N) is 1. The molecule has 228 valence electrons. The van der Waals surface area contributed by atoms with Crippen LogP contribution in [0.5, 0.6) is 0 Å². The number of carbonyl (C=O) groups excluding carboxylic acids is 2. The molecule has 0 aliphatic rings. The van der Waals surface area contributed by atoms with Crippen LogP contribution < -0.4 is 16.4 Å².